The number of rotatable bonds is 10. The number of carbonyl (C=O) groups excluding carboxylic acids is 2. The average molecular weight is 522 g/mol. The number of hydrogen-bond acceptors (Lipinski definition) is 6. The van der Waals surface area contributed by atoms with Crippen molar-refractivity contribution in [3.8, 4) is 0 Å². The summed E-state index contributed by atoms with van der Waals surface area (Å²) in [5.41, 5.74) is 2.62. The fourth-order valence-corrected chi connectivity index (χ4v) is 4.72. The van der Waals surface area contributed by atoms with Gasteiger partial charge in [0.05, 0.1) is 24.5 Å². The van der Waals surface area contributed by atoms with Crippen molar-refractivity contribution < 1.29 is 14.0 Å². The quantitative estimate of drug-likeness (QED) is 0.439. The van der Waals surface area contributed by atoms with Crippen LogP contribution in [0.2, 0.25) is 0 Å². The van der Waals surface area contributed by atoms with Gasteiger partial charge in [0.25, 0.3) is 0 Å². The molecule has 0 saturated carbocycles. The van der Waals surface area contributed by atoms with Crippen LogP contribution in [-0.2, 0) is 16.1 Å². The predicted molar refractivity (Wildman–Crippen MR) is 143 cm³/mol. The minimum atomic E-state index is -1.29. The van der Waals surface area contributed by atoms with E-state index < -0.39 is 30.1 Å². The van der Waals surface area contributed by atoms with Crippen LogP contribution in [0.3, 0.4) is 0 Å². The van der Waals surface area contributed by atoms with Gasteiger partial charge in [-0.1, -0.05) is 50.2 Å². The van der Waals surface area contributed by atoms with Gasteiger partial charge in [0.15, 0.2) is 5.82 Å². The molecule has 0 unspecified atom stereocenters. The van der Waals surface area contributed by atoms with Crippen molar-refractivity contribution in [2.75, 3.05) is 24.5 Å². The summed E-state index contributed by atoms with van der Waals surface area (Å²) in [5, 5.41) is 11.6. The molecule has 2 amide bonds. The van der Waals surface area contributed by atoms with Crippen LogP contribution >= 0.6 is 0 Å². The number of aromatic nitrogens is 4. The number of alkyl halides is 1. The van der Waals surface area contributed by atoms with Gasteiger partial charge in [0.1, 0.15) is 18.8 Å². The van der Waals surface area contributed by atoms with Crippen molar-refractivity contribution in [2.24, 2.45) is 0 Å². The number of carbonyl (C=O) groups is 2. The van der Waals surface area contributed by atoms with Gasteiger partial charge in [-0.2, -0.15) is 9.90 Å². The molecule has 3 atom stereocenters. The molecule has 4 rings (SSSR count). The largest absolute Gasteiger partial charge is 0.354 e. The molecule has 10 heteroatoms. The molecule has 1 N–H and O–H groups in total. The lowest BCUT2D eigenvalue weighted by Crippen LogP contribution is -2.48. The monoisotopic (exact) mass is 521 g/mol. The first-order chi connectivity index (χ1) is 18.3. The van der Waals surface area contributed by atoms with Crippen LogP contribution in [-0.4, -0.2) is 68.5 Å². The Morgan fingerprint density at radius 2 is 1.82 bits per heavy atom. The average Bonchev–Trinajstić information content (AvgIpc) is 3.55. The summed E-state index contributed by atoms with van der Waals surface area (Å²) in [6.45, 7) is 9.43. The van der Waals surface area contributed by atoms with Crippen molar-refractivity contribution in [1.82, 2.24) is 30.2 Å². The Balaban J connectivity index is 1.51. The van der Waals surface area contributed by atoms with E-state index in [0.29, 0.717) is 17.4 Å². The fraction of sp³-hybridized carbons (Fsp3) is 0.464. The van der Waals surface area contributed by atoms with Gasteiger partial charge in [-0.15, -0.1) is 5.10 Å². The van der Waals surface area contributed by atoms with E-state index in [1.165, 1.54) is 9.70 Å². The van der Waals surface area contributed by atoms with E-state index in [1.54, 1.807) is 6.20 Å². The standard InChI is InChI=1S/C28H36FN7O2/c1-5-34(6-2)25-16-31-36(33-25)18-26(37)35-17-22(29)14-24(35)28(38)32-27(20-10-8-7-9-11-20)23-13-12-21(15-30-23)19(3)4/h7-13,15-16,19,22,24,27H,5-6,14,17-18H2,1-4H3,(H,32,38)/t22-,24+,27+/m1/s1. The highest BCUT2D eigenvalue weighted by Gasteiger charge is 2.40. The Labute approximate surface area is 223 Å². The maximum Gasteiger partial charge on any atom is 0.246 e. The van der Waals surface area contributed by atoms with Crippen LogP contribution < -0.4 is 10.2 Å². The molecule has 0 spiro atoms. The number of nitrogens with zero attached hydrogens (tertiary/aromatic N) is 6. The minimum Gasteiger partial charge on any atom is -0.354 e. The van der Waals surface area contributed by atoms with E-state index in [-0.39, 0.29) is 19.5 Å². The third-order valence-corrected chi connectivity index (χ3v) is 6.95. The number of likely N-dealkylation sites (tertiary alicyclic amines) is 1. The maximum absolute atomic E-state index is 14.6. The molecule has 9 nitrogen and oxygen atoms in total. The maximum atomic E-state index is 14.6. The van der Waals surface area contributed by atoms with E-state index in [9.17, 15) is 14.0 Å². The van der Waals surface area contributed by atoms with Crippen molar-refractivity contribution in [2.45, 2.75) is 64.8 Å². The van der Waals surface area contributed by atoms with Crippen LogP contribution in [0, 0.1) is 0 Å². The second kappa shape index (κ2) is 12.1. The second-order valence-electron chi connectivity index (χ2n) is 9.82. The molecule has 1 aliphatic heterocycles. The molecule has 3 heterocycles. The van der Waals surface area contributed by atoms with Crippen LogP contribution in [0.1, 0.15) is 62.9 Å². The lowest BCUT2D eigenvalue weighted by atomic mass is 10.00. The zero-order chi connectivity index (χ0) is 27.2. The van der Waals surface area contributed by atoms with E-state index in [1.807, 2.05) is 67.4 Å². The van der Waals surface area contributed by atoms with Gasteiger partial charge in [0.2, 0.25) is 11.8 Å². The van der Waals surface area contributed by atoms with Gasteiger partial charge in [-0.25, -0.2) is 4.39 Å². The van der Waals surface area contributed by atoms with Crippen LogP contribution in [0.25, 0.3) is 0 Å². The zero-order valence-electron chi connectivity index (χ0n) is 22.4. The molecule has 38 heavy (non-hydrogen) atoms. The Kier molecular flexibility index (Phi) is 8.70. The summed E-state index contributed by atoms with van der Waals surface area (Å²) in [6.07, 6.45) is 2.07. The zero-order valence-corrected chi connectivity index (χ0v) is 22.4. The first-order valence-electron chi connectivity index (χ1n) is 13.2. The normalized spacial score (nSPS) is 18.0. The van der Waals surface area contributed by atoms with Gasteiger partial charge < -0.3 is 15.1 Å². The highest BCUT2D eigenvalue weighted by atomic mass is 19.1. The highest BCUT2D eigenvalue weighted by Crippen LogP contribution is 2.26. The molecule has 1 aromatic carbocycles. The smallest absolute Gasteiger partial charge is 0.246 e. The highest BCUT2D eigenvalue weighted by molar-refractivity contribution is 5.88. The van der Waals surface area contributed by atoms with Crippen molar-refractivity contribution in [3.63, 3.8) is 0 Å². The van der Waals surface area contributed by atoms with Crippen LogP contribution in [0.5, 0.6) is 0 Å². The molecule has 1 saturated heterocycles. The molecular weight excluding hydrogens is 485 g/mol. The van der Waals surface area contributed by atoms with E-state index >= 15 is 0 Å². The summed E-state index contributed by atoms with van der Waals surface area (Å²) in [5.74, 6) is 0.179. The van der Waals surface area contributed by atoms with Crippen LogP contribution in [0.15, 0.2) is 54.9 Å². The number of anilines is 1. The van der Waals surface area contributed by atoms with Crippen molar-refractivity contribution in [3.05, 3.63) is 71.7 Å². The summed E-state index contributed by atoms with van der Waals surface area (Å²) < 4.78 is 14.6. The molecular formula is C28H36FN7O2. The summed E-state index contributed by atoms with van der Waals surface area (Å²) in [4.78, 5) is 35.9. The number of halogens is 1. The topological polar surface area (TPSA) is 96.2 Å². The number of benzene rings is 1. The lowest BCUT2D eigenvalue weighted by molar-refractivity contribution is -0.139. The number of nitrogens with one attached hydrogen (secondary N) is 1. The fourth-order valence-electron chi connectivity index (χ4n) is 4.72. The molecule has 0 bridgehead atoms. The number of hydrogen-bond donors (Lipinski definition) is 1. The van der Waals surface area contributed by atoms with Crippen LogP contribution in [0.4, 0.5) is 10.2 Å². The SMILES string of the molecule is CCN(CC)c1cnn(CC(=O)N2C[C@H](F)C[C@H]2C(=O)N[C@@H](c2ccccc2)c2ccc(C(C)C)cn2)n1. The summed E-state index contributed by atoms with van der Waals surface area (Å²) in [7, 11) is 0. The first-order valence-corrected chi connectivity index (χ1v) is 13.2. The third-order valence-electron chi connectivity index (χ3n) is 6.95. The minimum absolute atomic E-state index is 0.0595. The Morgan fingerprint density at radius 3 is 2.45 bits per heavy atom. The predicted octanol–water partition coefficient (Wildman–Crippen LogP) is 3.49. The van der Waals surface area contributed by atoms with Gasteiger partial charge in [-0.05, 0) is 37.0 Å². The third kappa shape index (κ3) is 6.17. The Hall–Kier alpha value is -3.82. The molecule has 0 radical (unpaired) electrons. The lowest BCUT2D eigenvalue weighted by Gasteiger charge is -2.26. The van der Waals surface area contributed by atoms with E-state index in [4.69, 9.17) is 0 Å². The molecule has 3 aromatic rings. The Morgan fingerprint density at radius 1 is 1.08 bits per heavy atom. The second-order valence-corrected chi connectivity index (χ2v) is 9.82. The van der Waals surface area contributed by atoms with Gasteiger partial charge >= 0.3 is 0 Å². The first kappa shape index (κ1) is 27.2. The molecule has 2 aromatic heterocycles. The van der Waals surface area contributed by atoms with Gasteiger partial charge in [0, 0.05) is 25.7 Å². The molecule has 1 fully saturated rings. The van der Waals surface area contributed by atoms with E-state index in [2.05, 4.69) is 34.3 Å². The van der Waals surface area contributed by atoms with Crippen molar-refractivity contribution >= 4 is 17.6 Å². The van der Waals surface area contributed by atoms with Gasteiger partial charge in [-0.3, -0.25) is 14.6 Å². The summed E-state index contributed by atoms with van der Waals surface area (Å²) in [6, 6.07) is 11.9. The summed E-state index contributed by atoms with van der Waals surface area (Å²) >= 11 is 0. The molecule has 1 aliphatic rings. The number of pyridine rings is 1. The molecule has 202 valence electrons. The Bertz CT molecular complexity index is 1210. The van der Waals surface area contributed by atoms with Crippen molar-refractivity contribution in [1.29, 1.82) is 0 Å². The number of amides is 2. The van der Waals surface area contributed by atoms with E-state index in [0.717, 1.165) is 24.2 Å². The molecule has 0 aliphatic carbocycles.